The highest BCUT2D eigenvalue weighted by molar-refractivity contribution is 7.13. The minimum atomic E-state index is -0.0901. The molecule has 0 spiro atoms. The molecular formula is C17H22N6OS. The first-order valence-electron chi connectivity index (χ1n) is 8.17. The second kappa shape index (κ2) is 7.98. The maximum Gasteiger partial charge on any atom is 0.251 e. The highest BCUT2D eigenvalue weighted by Gasteiger charge is 2.19. The van der Waals surface area contributed by atoms with Crippen LogP contribution in [-0.4, -0.2) is 55.0 Å². The summed E-state index contributed by atoms with van der Waals surface area (Å²) in [6, 6.07) is 7.41. The lowest BCUT2D eigenvalue weighted by Gasteiger charge is -2.35. The lowest BCUT2D eigenvalue weighted by Crippen LogP contribution is -2.51. The molecule has 0 unspecified atom stereocenters. The highest BCUT2D eigenvalue weighted by Crippen LogP contribution is 2.18. The molecule has 7 nitrogen and oxygen atoms in total. The van der Waals surface area contributed by atoms with E-state index in [1.54, 1.807) is 30.5 Å². The number of nitrogens with one attached hydrogen (secondary N) is 1. The number of piperazine rings is 1. The van der Waals surface area contributed by atoms with Crippen molar-refractivity contribution in [2.75, 3.05) is 38.1 Å². The molecule has 132 valence electrons. The number of hydrogen-bond donors (Lipinski definition) is 2. The number of nitrogens with zero attached hydrogens (tertiary/aromatic N) is 4. The Morgan fingerprint density at radius 1 is 1.28 bits per heavy atom. The Labute approximate surface area is 151 Å². The fourth-order valence-electron chi connectivity index (χ4n) is 2.68. The lowest BCUT2D eigenvalue weighted by molar-refractivity contribution is 0.0963. The van der Waals surface area contributed by atoms with E-state index < -0.39 is 0 Å². The summed E-state index contributed by atoms with van der Waals surface area (Å²) in [4.78, 5) is 24.7. The molecule has 0 radical (unpaired) electrons. The molecule has 1 saturated heterocycles. The van der Waals surface area contributed by atoms with Gasteiger partial charge in [-0.1, -0.05) is 12.1 Å². The second-order valence-electron chi connectivity index (χ2n) is 5.74. The van der Waals surface area contributed by atoms with Gasteiger partial charge in [-0.25, -0.2) is 9.98 Å². The number of guanidine groups is 1. The summed E-state index contributed by atoms with van der Waals surface area (Å²) in [5.74, 6) is 0.474. The molecule has 1 aromatic carbocycles. The van der Waals surface area contributed by atoms with Crippen molar-refractivity contribution in [3.05, 3.63) is 47.0 Å². The normalized spacial score (nSPS) is 15.3. The number of aliphatic imine (C=N–C) groups is 1. The summed E-state index contributed by atoms with van der Waals surface area (Å²) in [5, 5.41) is 5.66. The molecule has 3 N–H and O–H groups in total. The van der Waals surface area contributed by atoms with Gasteiger partial charge < -0.3 is 20.9 Å². The topological polar surface area (TPSA) is 86.8 Å². The van der Waals surface area contributed by atoms with Crippen molar-refractivity contribution in [2.24, 2.45) is 10.7 Å². The van der Waals surface area contributed by atoms with Gasteiger partial charge in [0.15, 0.2) is 11.1 Å². The van der Waals surface area contributed by atoms with E-state index in [0.29, 0.717) is 18.1 Å². The number of carbonyl (C=O) groups excluding carboxylic acids is 1. The predicted octanol–water partition coefficient (Wildman–Crippen LogP) is 1.14. The van der Waals surface area contributed by atoms with Gasteiger partial charge in [-0.2, -0.15) is 0 Å². The third kappa shape index (κ3) is 4.27. The van der Waals surface area contributed by atoms with E-state index in [9.17, 15) is 4.79 Å². The van der Waals surface area contributed by atoms with Crippen LogP contribution in [0.25, 0.3) is 0 Å². The largest absolute Gasteiger partial charge is 0.370 e. The van der Waals surface area contributed by atoms with Gasteiger partial charge in [-0.05, 0) is 17.7 Å². The Morgan fingerprint density at radius 2 is 2.00 bits per heavy atom. The molecule has 1 aliphatic heterocycles. The first kappa shape index (κ1) is 17.2. The molecule has 3 rings (SSSR count). The Kier molecular flexibility index (Phi) is 5.49. The zero-order chi connectivity index (χ0) is 17.6. The second-order valence-corrected chi connectivity index (χ2v) is 6.61. The smallest absolute Gasteiger partial charge is 0.251 e. The molecule has 0 saturated carbocycles. The van der Waals surface area contributed by atoms with Gasteiger partial charge in [0, 0.05) is 50.4 Å². The van der Waals surface area contributed by atoms with Gasteiger partial charge in [-0.15, -0.1) is 11.3 Å². The zero-order valence-electron chi connectivity index (χ0n) is 14.2. The Bertz CT molecular complexity index is 720. The first-order chi connectivity index (χ1) is 12.2. The van der Waals surface area contributed by atoms with E-state index in [-0.39, 0.29) is 5.91 Å². The number of amides is 1. The van der Waals surface area contributed by atoms with Gasteiger partial charge in [0.1, 0.15) is 0 Å². The molecule has 2 aromatic rings. The Morgan fingerprint density at radius 3 is 2.60 bits per heavy atom. The molecule has 0 bridgehead atoms. The first-order valence-corrected chi connectivity index (χ1v) is 9.05. The van der Waals surface area contributed by atoms with Crippen LogP contribution in [0.2, 0.25) is 0 Å². The van der Waals surface area contributed by atoms with E-state index in [4.69, 9.17) is 5.73 Å². The molecule has 25 heavy (non-hydrogen) atoms. The number of aromatic nitrogens is 1. The lowest BCUT2D eigenvalue weighted by atomic mass is 10.1. The molecule has 8 heteroatoms. The Hall–Kier alpha value is -2.61. The van der Waals surface area contributed by atoms with E-state index in [1.807, 2.05) is 23.7 Å². The SMILES string of the molecule is CNC(=O)c1ccc(CN=C(N)N2CCN(c3nccs3)CC2)cc1. The summed E-state index contributed by atoms with van der Waals surface area (Å²) < 4.78 is 0. The van der Waals surface area contributed by atoms with Crippen molar-refractivity contribution in [2.45, 2.75) is 6.54 Å². The molecule has 0 aliphatic carbocycles. The summed E-state index contributed by atoms with van der Waals surface area (Å²) in [6.45, 7) is 3.97. The van der Waals surface area contributed by atoms with Gasteiger partial charge in [0.25, 0.3) is 5.91 Å². The van der Waals surface area contributed by atoms with Crippen LogP contribution < -0.4 is 16.0 Å². The summed E-state index contributed by atoms with van der Waals surface area (Å²) >= 11 is 1.66. The number of hydrogen-bond acceptors (Lipinski definition) is 5. The molecule has 1 aliphatic rings. The molecule has 0 atom stereocenters. The number of benzene rings is 1. The van der Waals surface area contributed by atoms with Crippen molar-refractivity contribution in [3.63, 3.8) is 0 Å². The molecule has 1 fully saturated rings. The molecule has 1 aromatic heterocycles. The standard InChI is InChI=1S/C17H22N6OS/c1-19-15(24)14-4-2-13(3-5-14)12-21-16(18)22-7-9-23(10-8-22)17-20-6-11-25-17/h2-6,11H,7-10,12H2,1H3,(H2,18,21)(H,19,24). The number of thiazole rings is 1. The molecule has 2 heterocycles. The molecule has 1 amide bonds. The van der Waals surface area contributed by atoms with E-state index in [0.717, 1.165) is 36.9 Å². The summed E-state index contributed by atoms with van der Waals surface area (Å²) in [7, 11) is 1.62. The molecular weight excluding hydrogens is 336 g/mol. The van der Waals surface area contributed by atoms with Crippen molar-refractivity contribution in [1.82, 2.24) is 15.2 Å². The number of anilines is 1. The summed E-state index contributed by atoms with van der Waals surface area (Å²) in [5.41, 5.74) is 7.81. The van der Waals surface area contributed by atoms with Crippen molar-refractivity contribution in [3.8, 4) is 0 Å². The van der Waals surface area contributed by atoms with Crippen molar-refractivity contribution >= 4 is 28.3 Å². The quantitative estimate of drug-likeness (QED) is 0.632. The fraction of sp³-hybridized carbons (Fsp3) is 0.353. The van der Waals surface area contributed by atoms with Gasteiger partial charge in [-0.3, -0.25) is 4.79 Å². The van der Waals surface area contributed by atoms with Crippen LogP contribution in [0, 0.1) is 0 Å². The number of rotatable bonds is 4. The van der Waals surface area contributed by atoms with E-state index in [2.05, 4.69) is 25.1 Å². The zero-order valence-corrected chi connectivity index (χ0v) is 15.0. The van der Waals surface area contributed by atoms with Gasteiger partial charge >= 0.3 is 0 Å². The Balaban J connectivity index is 1.53. The third-order valence-electron chi connectivity index (χ3n) is 4.16. The van der Waals surface area contributed by atoms with Crippen LogP contribution in [0.1, 0.15) is 15.9 Å². The van der Waals surface area contributed by atoms with E-state index in [1.165, 1.54) is 0 Å². The average Bonchev–Trinajstić information content (AvgIpc) is 3.21. The van der Waals surface area contributed by atoms with Crippen molar-refractivity contribution < 1.29 is 4.79 Å². The van der Waals surface area contributed by atoms with Gasteiger partial charge in [0.2, 0.25) is 0 Å². The minimum absolute atomic E-state index is 0.0901. The van der Waals surface area contributed by atoms with Crippen LogP contribution in [0.5, 0.6) is 0 Å². The van der Waals surface area contributed by atoms with Crippen LogP contribution in [0.4, 0.5) is 5.13 Å². The van der Waals surface area contributed by atoms with Crippen LogP contribution in [-0.2, 0) is 6.54 Å². The van der Waals surface area contributed by atoms with Crippen molar-refractivity contribution in [1.29, 1.82) is 0 Å². The van der Waals surface area contributed by atoms with Gasteiger partial charge in [0.05, 0.1) is 6.54 Å². The maximum absolute atomic E-state index is 11.5. The third-order valence-corrected chi connectivity index (χ3v) is 4.99. The fourth-order valence-corrected chi connectivity index (χ4v) is 3.37. The van der Waals surface area contributed by atoms with E-state index >= 15 is 0 Å². The monoisotopic (exact) mass is 358 g/mol. The number of nitrogens with two attached hydrogens (primary N) is 1. The minimum Gasteiger partial charge on any atom is -0.370 e. The average molecular weight is 358 g/mol. The summed E-state index contributed by atoms with van der Waals surface area (Å²) in [6.07, 6.45) is 1.83. The number of carbonyl (C=O) groups is 1. The highest BCUT2D eigenvalue weighted by atomic mass is 32.1. The maximum atomic E-state index is 11.5. The predicted molar refractivity (Wildman–Crippen MR) is 101 cm³/mol. The van der Waals surface area contributed by atoms with Crippen LogP contribution in [0.15, 0.2) is 40.8 Å². The van der Waals surface area contributed by atoms with Crippen LogP contribution >= 0.6 is 11.3 Å². The van der Waals surface area contributed by atoms with Crippen LogP contribution in [0.3, 0.4) is 0 Å².